The summed E-state index contributed by atoms with van der Waals surface area (Å²) in [5, 5.41) is 9.76. The van der Waals surface area contributed by atoms with Gasteiger partial charge in [0.05, 0.1) is 11.6 Å². The lowest BCUT2D eigenvalue weighted by Gasteiger charge is -2.11. The average Bonchev–Trinajstić information content (AvgIpc) is 2.66. The number of rotatable bonds is 5. The van der Waals surface area contributed by atoms with Crippen molar-refractivity contribution < 1.29 is 31.9 Å². The summed E-state index contributed by atoms with van der Waals surface area (Å²) in [5.74, 6) is 0.461. The third-order valence-corrected chi connectivity index (χ3v) is 4.56. The SMILES string of the molecule is COc1cc2c(N=C(N)NO[Br+2]([O-])[O-])nnc(-c3ccccc3)c2cc1Br. The molecule has 0 saturated heterocycles. The fraction of sp³-hybridized carbons (Fsp3) is 0.0625. The van der Waals surface area contributed by atoms with E-state index in [1.54, 1.807) is 6.07 Å². The topological polar surface area (TPSA) is 141 Å². The second-order valence-corrected chi connectivity index (χ2v) is 7.11. The smallest absolute Gasteiger partial charge is 0.472 e. The molecule has 1 aromatic heterocycles. The van der Waals surface area contributed by atoms with Crippen LogP contribution in [0.5, 0.6) is 5.75 Å². The van der Waals surface area contributed by atoms with Gasteiger partial charge >= 0.3 is 14.8 Å². The molecule has 0 amide bonds. The molecule has 11 heteroatoms. The van der Waals surface area contributed by atoms with E-state index in [1.807, 2.05) is 41.9 Å². The lowest BCUT2D eigenvalue weighted by molar-refractivity contribution is -1.63. The molecule has 0 radical (unpaired) electrons. The average molecular weight is 499 g/mol. The number of methoxy groups -OCH3 is 1. The molecule has 0 saturated carbocycles. The number of nitrogens with zero attached hydrogens (tertiary/aromatic N) is 3. The number of nitrogens with two attached hydrogens (primary N) is 1. The Morgan fingerprint density at radius 3 is 2.59 bits per heavy atom. The number of halogens is 2. The van der Waals surface area contributed by atoms with Crippen molar-refractivity contribution in [2.45, 2.75) is 0 Å². The normalized spacial score (nSPS) is 11.8. The molecule has 1 heterocycles. The number of nitrogens with one attached hydrogen (secondary N) is 1. The number of hydroxylamine groups is 1. The van der Waals surface area contributed by atoms with Crippen molar-refractivity contribution in [3.05, 3.63) is 46.9 Å². The second-order valence-electron chi connectivity index (χ2n) is 5.14. The molecule has 0 bridgehead atoms. The van der Waals surface area contributed by atoms with Gasteiger partial charge in [-0.1, -0.05) is 30.3 Å². The summed E-state index contributed by atoms with van der Waals surface area (Å²) < 4.78 is 31.4. The van der Waals surface area contributed by atoms with Gasteiger partial charge in [0.25, 0.3) is 0 Å². The highest BCUT2D eigenvalue weighted by molar-refractivity contribution is 9.10. The Morgan fingerprint density at radius 1 is 1.19 bits per heavy atom. The second kappa shape index (κ2) is 8.59. The fourth-order valence-electron chi connectivity index (χ4n) is 2.40. The molecule has 0 unspecified atom stereocenters. The summed E-state index contributed by atoms with van der Waals surface area (Å²) in [6.07, 6.45) is 0. The number of guanidine groups is 1. The van der Waals surface area contributed by atoms with Gasteiger partial charge in [0.2, 0.25) is 5.96 Å². The summed E-state index contributed by atoms with van der Waals surface area (Å²) in [7, 11) is 1.54. The summed E-state index contributed by atoms with van der Waals surface area (Å²) in [4.78, 5) is 4.05. The van der Waals surface area contributed by atoms with Crippen molar-refractivity contribution in [2.24, 2.45) is 10.7 Å². The van der Waals surface area contributed by atoms with E-state index < -0.39 is 14.8 Å². The van der Waals surface area contributed by atoms with Crippen LogP contribution in [0, 0.1) is 14.8 Å². The van der Waals surface area contributed by atoms with Gasteiger partial charge in [-0.25, -0.2) is 0 Å². The zero-order valence-corrected chi connectivity index (χ0v) is 17.0. The first kappa shape index (κ1) is 19.5. The number of ether oxygens (including phenoxy) is 1. The van der Waals surface area contributed by atoms with Crippen LogP contribution in [-0.4, -0.2) is 23.3 Å². The van der Waals surface area contributed by atoms with Crippen LogP contribution in [0.2, 0.25) is 0 Å². The monoisotopic (exact) mass is 497 g/mol. The van der Waals surface area contributed by atoms with Crippen LogP contribution in [0.25, 0.3) is 22.0 Å². The lowest BCUT2D eigenvalue weighted by atomic mass is 10.0. The maximum absolute atomic E-state index is 10.5. The summed E-state index contributed by atoms with van der Waals surface area (Å²) in [6, 6.07) is 13.1. The quantitative estimate of drug-likeness (QED) is 0.296. The Bertz CT molecular complexity index is 985. The number of hydrogen-bond donors (Lipinski definition) is 2. The maximum Gasteiger partial charge on any atom is 0.472 e. The molecule has 0 atom stereocenters. The molecule has 0 fully saturated rings. The largest absolute Gasteiger partial charge is 0.496 e. The minimum Gasteiger partial charge on any atom is -0.496 e. The van der Waals surface area contributed by atoms with E-state index in [-0.39, 0.29) is 11.8 Å². The number of fused-ring (bicyclic) bond motifs is 1. The van der Waals surface area contributed by atoms with Gasteiger partial charge in [0.1, 0.15) is 15.4 Å². The molecule has 0 spiro atoms. The van der Waals surface area contributed by atoms with Gasteiger partial charge in [-0.2, -0.15) is 4.99 Å². The summed E-state index contributed by atoms with van der Waals surface area (Å²) >= 11 is -0.00789. The fourth-order valence-corrected chi connectivity index (χ4v) is 3.20. The highest BCUT2D eigenvalue weighted by atomic mass is 80.0. The number of hydrogen-bond acceptors (Lipinski definition) is 7. The summed E-state index contributed by atoms with van der Waals surface area (Å²) in [6.45, 7) is 0. The Morgan fingerprint density at radius 2 is 1.93 bits per heavy atom. The maximum atomic E-state index is 10.5. The molecule has 2 aromatic carbocycles. The third kappa shape index (κ3) is 4.51. The minimum absolute atomic E-state index is 0.176. The zero-order valence-electron chi connectivity index (χ0n) is 13.8. The van der Waals surface area contributed by atoms with Crippen LogP contribution in [0.4, 0.5) is 5.82 Å². The van der Waals surface area contributed by atoms with Crippen molar-refractivity contribution in [1.82, 2.24) is 15.7 Å². The van der Waals surface area contributed by atoms with Crippen LogP contribution < -0.4 is 24.3 Å². The Balaban J connectivity index is 2.17. The van der Waals surface area contributed by atoms with Gasteiger partial charge in [0.15, 0.2) is 5.82 Å². The van der Waals surface area contributed by atoms with E-state index in [9.17, 15) is 8.40 Å². The number of aliphatic imine (C=N–C) groups is 1. The Hall–Kier alpha value is -2.31. The van der Waals surface area contributed by atoms with E-state index in [4.69, 9.17) is 10.5 Å². The van der Waals surface area contributed by atoms with E-state index in [1.165, 1.54) is 7.11 Å². The molecule has 140 valence electrons. The minimum atomic E-state index is -3.48. The Kier molecular flexibility index (Phi) is 6.19. The van der Waals surface area contributed by atoms with Crippen LogP contribution >= 0.6 is 15.9 Å². The van der Waals surface area contributed by atoms with Gasteiger partial charge in [-0.05, 0) is 28.1 Å². The van der Waals surface area contributed by atoms with Crippen molar-refractivity contribution in [2.75, 3.05) is 7.11 Å². The van der Waals surface area contributed by atoms with Gasteiger partial charge in [0, 0.05) is 16.3 Å². The van der Waals surface area contributed by atoms with Crippen molar-refractivity contribution in [1.29, 1.82) is 0 Å². The standard InChI is InChI=1S/C16H13Br2N5O4/c1-26-13-8-11-10(7-12(13)17)14(9-5-3-2-4-6-9)21-22-15(11)20-16(19)23-27-18(24)25/h2-8H,1H3,(H3,19,20,22,23). The number of benzene rings is 2. The van der Waals surface area contributed by atoms with Crippen molar-refractivity contribution in [3.8, 4) is 17.0 Å². The first-order valence-corrected chi connectivity index (χ1v) is 10.2. The van der Waals surface area contributed by atoms with Crippen molar-refractivity contribution in [3.63, 3.8) is 0 Å². The van der Waals surface area contributed by atoms with Crippen LogP contribution in [0.3, 0.4) is 0 Å². The molecule has 0 aliphatic carbocycles. The van der Waals surface area contributed by atoms with E-state index in [0.29, 0.717) is 16.8 Å². The third-order valence-electron chi connectivity index (χ3n) is 3.51. The Labute approximate surface area is 167 Å². The molecule has 3 aromatic rings. The van der Waals surface area contributed by atoms with Gasteiger partial charge in [-0.3, -0.25) is 0 Å². The molecular weight excluding hydrogens is 486 g/mol. The highest BCUT2D eigenvalue weighted by Gasteiger charge is 2.16. The first-order chi connectivity index (χ1) is 13.0. The number of aromatic nitrogens is 2. The predicted molar refractivity (Wildman–Crippen MR) is 94.7 cm³/mol. The first-order valence-electron chi connectivity index (χ1n) is 7.42. The van der Waals surface area contributed by atoms with Gasteiger partial charge in [-0.15, -0.1) is 15.7 Å². The predicted octanol–water partition coefficient (Wildman–Crippen LogP) is 0.622. The van der Waals surface area contributed by atoms with Crippen LogP contribution in [0.15, 0.2) is 51.9 Å². The van der Waals surface area contributed by atoms with Crippen molar-refractivity contribution >= 4 is 38.5 Å². The lowest BCUT2D eigenvalue weighted by Crippen LogP contribution is -2.43. The van der Waals surface area contributed by atoms with Crippen LogP contribution in [0.1, 0.15) is 0 Å². The molecule has 3 N–H and O–H groups in total. The molecule has 3 rings (SSSR count). The zero-order chi connectivity index (χ0) is 19.4. The summed E-state index contributed by atoms with van der Waals surface area (Å²) in [5.41, 5.74) is 9.19. The van der Waals surface area contributed by atoms with E-state index in [0.717, 1.165) is 15.4 Å². The molecular formula is C16H13Br2N5O4. The molecule has 9 nitrogen and oxygen atoms in total. The molecule has 27 heavy (non-hydrogen) atoms. The van der Waals surface area contributed by atoms with Gasteiger partial charge < -0.3 is 18.9 Å². The van der Waals surface area contributed by atoms with Crippen LogP contribution in [-0.2, 0) is 3.93 Å². The van der Waals surface area contributed by atoms with E-state index in [2.05, 4.69) is 35.0 Å². The molecule has 0 aliphatic heterocycles. The van der Waals surface area contributed by atoms with E-state index >= 15 is 0 Å². The molecule has 0 aliphatic rings. The highest BCUT2D eigenvalue weighted by Crippen LogP contribution is 2.37.